The zero-order valence-corrected chi connectivity index (χ0v) is 13.5. The molecule has 1 aliphatic heterocycles. The molecule has 6 nitrogen and oxygen atoms in total. The summed E-state index contributed by atoms with van der Waals surface area (Å²) in [7, 11) is -3.49. The van der Waals surface area contributed by atoms with Crippen molar-refractivity contribution in [2.75, 3.05) is 13.1 Å². The zero-order valence-electron chi connectivity index (χ0n) is 12.7. The van der Waals surface area contributed by atoms with Crippen LogP contribution in [0, 0.1) is 5.41 Å². The van der Waals surface area contributed by atoms with Crippen LogP contribution in [0.4, 0.5) is 0 Å². The van der Waals surface area contributed by atoms with E-state index < -0.39 is 21.5 Å². The van der Waals surface area contributed by atoms with Crippen molar-refractivity contribution in [2.24, 2.45) is 5.41 Å². The van der Waals surface area contributed by atoms with Crippen LogP contribution in [0.3, 0.4) is 0 Å². The lowest BCUT2D eigenvalue weighted by Gasteiger charge is -2.40. The molecule has 2 heterocycles. The predicted octanol–water partition coefficient (Wildman–Crippen LogP) is 1.75. The van der Waals surface area contributed by atoms with Crippen LogP contribution in [-0.4, -0.2) is 42.2 Å². The Bertz CT molecular complexity index is 782. The Morgan fingerprint density at radius 1 is 1.41 bits per heavy atom. The average molecular weight is 324 g/mol. The molecule has 1 aliphatic rings. The van der Waals surface area contributed by atoms with Crippen LogP contribution in [0.2, 0.25) is 0 Å². The van der Waals surface area contributed by atoms with Gasteiger partial charge in [0.05, 0.1) is 6.10 Å². The minimum absolute atomic E-state index is 0.184. The number of sulfonamides is 1. The van der Waals surface area contributed by atoms with E-state index in [0.29, 0.717) is 30.8 Å². The van der Waals surface area contributed by atoms with Gasteiger partial charge in [-0.1, -0.05) is 31.1 Å². The van der Waals surface area contributed by atoms with Gasteiger partial charge in [0.1, 0.15) is 11.4 Å². The number of para-hydroxylation sites is 1. The molecule has 1 N–H and O–H groups in total. The Morgan fingerprint density at radius 3 is 2.86 bits per heavy atom. The van der Waals surface area contributed by atoms with Gasteiger partial charge in [0, 0.05) is 23.9 Å². The van der Waals surface area contributed by atoms with Crippen LogP contribution in [0.1, 0.15) is 26.0 Å². The average Bonchev–Trinajstić information content (AvgIpc) is 2.84. The number of aliphatic hydroxyl groups excluding tert-OH is 1. The van der Waals surface area contributed by atoms with Crippen LogP contribution < -0.4 is 0 Å². The monoisotopic (exact) mass is 324 g/mol. The van der Waals surface area contributed by atoms with Gasteiger partial charge in [0.2, 0.25) is 10.0 Å². The Balaban J connectivity index is 1.85. The topological polar surface area (TPSA) is 83.6 Å². The van der Waals surface area contributed by atoms with Crippen molar-refractivity contribution in [3.8, 4) is 0 Å². The molecule has 120 valence electrons. The van der Waals surface area contributed by atoms with Crippen LogP contribution >= 0.6 is 0 Å². The second-order valence-corrected chi connectivity index (χ2v) is 8.48. The highest BCUT2D eigenvalue weighted by Crippen LogP contribution is 2.31. The van der Waals surface area contributed by atoms with Gasteiger partial charge in [-0.05, 0) is 18.6 Å². The lowest BCUT2D eigenvalue weighted by atomic mass is 9.82. The molecule has 0 saturated carbocycles. The summed E-state index contributed by atoms with van der Waals surface area (Å²) in [5, 5.41) is 14.6. The number of hydrogen-bond donors (Lipinski definition) is 1. The van der Waals surface area contributed by atoms with Gasteiger partial charge in [-0.2, -0.15) is 0 Å². The maximum Gasteiger partial charge on any atom is 0.220 e. The minimum atomic E-state index is -3.49. The Labute approximate surface area is 129 Å². The van der Waals surface area contributed by atoms with Gasteiger partial charge in [0.15, 0.2) is 5.58 Å². The van der Waals surface area contributed by atoms with E-state index in [1.165, 1.54) is 4.31 Å². The van der Waals surface area contributed by atoms with Gasteiger partial charge in [0.25, 0.3) is 0 Å². The van der Waals surface area contributed by atoms with Crippen LogP contribution in [-0.2, 0) is 15.8 Å². The van der Waals surface area contributed by atoms with Crippen molar-refractivity contribution < 1.29 is 18.0 Å². The van der Waals surface area contributed by atoms with Crippen molar-refractivity contribution >= 4 is 21.0 Å². The van der Waals surface area contributed by atoms with E-state index in [1.807, 2.05) is 26.0 Å². The standard InChI is InChI=1S/C15H20N2O4S/c1-15(2)10-17(8-7-14(15)18)22(19,20)9-12-11-5-3-4-6-13(11)21-16-12/h3-6,14,18H,7-10H2,1-2H3. The van der Waals surface area contributed by atoms with Crippen molar-refractivity contribution in [1.82, 2.24) is 9.46 Å². The SMILES string of the molecule is CC1(C)CN(S(=O)(=O)Cc2noc3ccccc23)CCC1O. The Morgan fingerprint density at radius 2 is 2.14 bits per heavy atom. The van der Waals surface area contributed by atoms with E-state index in [4.69, 9.17) is 4.52 Å². The second kappa shape index (κ2) is 5.33. The summed E-state index contributed by atoms with van der Waals surface area (Å²) in [4.78, 5) is 0. The maximum atomic E-state index is 12.7. The molecule has 0 amide bonds. The first-order valence-electron chi connectivity index (χ1n) is 7.29. The smallest absolute Gasteiger partial charge is 0.220 e. The van der Waals surface area contributed by atoms with Crippen molar-refractivity contribution in [2.45, 2.75) is 32.1 Å². The summed E-state index contributed by atoms with van der Waals surface area (Å²) >= 11 is 0. The third kappa shape index (κ3) is 2.76. The molecule has 0 spiro atoms. The quantitative estimate of drug-likeness (QED) is 0.930. The summed E-state index contributed by atoms with van der Waals surface area (Å²) in [6, 6.07) is 7.22. The number of fused-ring (bicyclic) bond motifs is 1. The van der Waals surface area contributed by atoms with Crippen molar-refractivity contribution in [1.29, 1.82) is 0 Å². The molecular formula is C15H20N2O4S. The number of rotatable bonds is 3. The van der Waals surface area contributed by atoms with E-state index >= 15 is 0 Å². The molecule has 3 rings (SSSR count). The highest BCUT2D eigenvalue weighted by atomic mass is 32.2. The molecule has 1 aromatic carbocycles. The normalized spacial score (nSPS) is 23.0. The Hall–Kier alpha value is -1.44. The first-order chi connectivity index (χ1) is 10.3. The van der Waals surface area contributed by atoms with Crippen LogP contribution in [0.5, 0.6) is 0 Å². The lowest BCUT2D eigenvalue weighted by molar-refractivity contribution is -0.000357. The van der Waals surface area contributed by atoms with Gasteiger partial charge in [-0.15, -0.1) is 0 Å². The number of nitrogens with zero attached hydrogens (tertiary/aromatic N) is 2. The molecule has 2 aromatic rings. The third-order valence-corrected chi connectivity index (χ3v) is 6.04. The fourth-order valence-electron chi connectivity index (χ4n) is 2.84. The van der Waals surface area contributed by atoms with E-state index in [-0.39, 0.29) is 5.75 Å². The first kappa shape index (κ1) is 15.5. The van der Waals surface area contributed by atoms with Crippen molar-refractivity contribution in [3.05, 3.63) is 30.0 Å². The number of benzene rings is 1. The minimum Gasteiger partial charge on any atom is -0.392 e. The highest BCUT2D eigenvalue weighted by Gasteiger charge is 2.39. The summed E-state index contributed by atoms with van der Waals surface area (Å²) in [6.07, 6.45) is -0.0296. The number of aliphatic hydroxyl groups is 1. The summed E-state index contributed by atoms with van der Waals surface area (Å²) in [6.45, 7) is 4.41. The third-order valence-electron chi connectivity index (χ3n) is 4.30. The Kier molecular flexibility index (Phi) is 3.74. The fourth-order valence-corrected chi connectivity index (χ4v) is 4.49. The van der Waals surface area contributed by atoms with Gasteiger partial charge in [-0.3, -0.25) is 0 Å². The van der Waals surface area contributed by atoms with E-state index in [9.17, 15) is 13.5 Å². The van der Waals surface area contributed by atoms with Crippen LogP contribution in [0.15, 0.2) is 28.8 Å². The molecule has 0 bridgehead atoms. The molecular weight excluding hydrogens is 304 g/mol. The van der Waals surface area contributed by atoms with Crippen molar-refractivity contribution in [3.63, 3.8) is 0 Å². The first-order valence-corrected chi connectivity index (χ1v) is 8.90. The molecule has 7 heteroatoms. The fraction of sp³-hybridized carbons (Fsp3) is 0.533. The van der Waals surface area contributed by atoms with Crippen LogP contribution in [0.25, 0.3) is 11.0 Å². The lowest BCUT2D eigenvalue weighted by Crippen LogP contribution is -2.50. The molecule has 1 aromatic heterocycles. The maximum absolute atomic E-state index is 12.7. The van der Waals surface area contributed by atoms with Gasteiger partial charge < -0.3 is 9.63 Å². The molecule has 0 radical (unpaired) electrons. The summed E-state index contributed by atoms with van der Waals surface area (Å²) in [5.74, 6) is -0.184. The molecule has 1 saturated heterocycles. The zero-order chi connectivity index (χ0) is 16.0. The van der Waals surface area contributed by atoms with E-state index in [0.717, 1.165) is 5.39 Å². The predicted molar refractivity (Wildman–Crippen MR) is 82.6 cm³/mol. The number of hydrogen-bond acceptors (Lipinski definition) is 5. The number of aromatic nitrogens is 1. The summed E-state index contributed by atoms with van der Waals surface area (Å²) in [5.41, 5.74) is 0.568. The van der Waals surface area contributed by atoms with Gasteiger partial charge in [-0.25, -0.2) is 12.7 Å². The summed E-state index contributed by atoms with van der Waals surface area (Å²) < 4.78 is 31.9. The molecule has 1 fully saturated rings. The highest BCUT2D eigenvalue weighted by molar-refractivity contribution is 7.88. The largest absolute Gasteiger partial charge is 0.392 e. The molecule has 1 atom stereocenters. The number of piperidine rings is 1. The molecule has 0 aliphatic carbocycles. The second-order valence-electron chi connectivity index (χ2n) is 6.51. The molecule has 1 unspecified atom stereocenters. The van der Waals surface area contributed by atoms with Gasteiger partial charge >= 0.3 is 0 Å². The van der Waals surface area contributed by atoms with E-state index in [1.54, 1.807) is 12.1 Å². The molecule has 22 heavy (non-hydrogen) atoms. The van der Waals surface area contributed by atoms with E-state index in [2.05, 4.69) is 5.16 Å².